The minimum Gasteiger partial charge on any atom is -0.461 e. The maximum Gasteiger partial charge on any atom is 0.357 e. The molecule has 28 heavy (non-hydrogen) atoms. The van der Waals surface area contributed by atoms with Gasteiger partial charge in [-0.3, -0.25) is 10.1 Å². The van der Waals surface area contributed by atoms with Crippen LogP contribution in [0.5, 0.6) is 0 Å². The predicted molar refractivity (Wildman–Crippen MR) is 109 cm³/mol. The van der Waals surface area contributed by atoms with Crippen LogP contribution in [0.15, 0.2) is 41.8 Å². The summed E-state index contributed by atoms with van der Waals surface area (Å²) in [6.45, 7) is 5.85. The standard InChI is InChI=1S/C20H20N4O3S/c1-4-27-19(26)17-12-28-20(21-17)22-18(25)11-10-16-13(2)23-24(14(16)3)15-8-6-5-7-9-15/h5-12H,4H2,1-3H3,(H,21,22,25)/b11-10+. The molecule has 0 aliphatic carbocycles. The minimum atomic E-state index is -0.505. The molecule has 1 aromatic carbocycles. The van der Waals surface area contributed by atoms with Gasteiger partial charge in [-0.2, -0.15) is 5.10 Å². The molecule has 0 aliphatic rings. The fraction of sp³-hybridized carbons (Fsp3) is 0.200. The summed E-state index contributed by atoms with van der Waals surface area (Å²) < 4.78 is 6.73. The number of aryl methyl sites for hydroxylation is 1. The van der Waals surface area contributed by atoms with E-state index >= 15 is 0 Å². The number of benzene rings is 1. The maximum atomic E-state index is 12.2. The molecule has 0 aliphatic heterocycles. The van der Waals surface area contributed by atoms with E-state index < -0.39 is 5.97 Å². The van der Waals surface area contributed by atoms with Crippen molar-refractivity contribution in [2.45, 2.75) is 20.8 Å². The van der Waals surface area contributed by atoms with Gasteiger partial charge >= 0.3 is 5.97 Å². The van der Waals surface area contributed by atoms with Crippen LogP contribution in [0.1, 0.15) is 34.4 Å². The number of amides is 1. The second-order valence-electron chi connectivity index (χ2n) is 5.91. The second kappa shape index (κ2) is 8.62. The molecule has 2 aromatic heterocycles. The van der Waals surface area contributed by atoms with Crippen LogP contribution in [0, 0.1) is 13.8 Å². The van der Waals surface area contributed by atoms with Gasteiger partial charge in [-0.1, -0.05) is 18.2 Å². The highest BCUT2D eigenvalue weighted by atomic mass is 32.1. The highest BCUT2D eigenvalue weighted by Crippen LogP contribution is 2.20. The summed E-state index contributed by atoms with van der Waals surface area (Å²) in [4.78, 5) is 27.9. The van der Waals surface area contributed by atoms with E-state index in [2.05, 4.69) is 15.4 Å². The van der Waals surface area contributed by atoms with Crippen molar-refractivity contribution >= 4 is 34.4 Å². The molecule has 2 heterocycles. The Balaban J connectivity index is 1.71. The van der Waals surface area contributed by atoms with E-state index in [1.54, 1.807) is 18.4 Å². The number of esters is 1. The van der Waals surface area contributed by atoms with Gasteiger partial charge in [0.2, 0.25) is 5.91 Å². The zero-order valence-corrected chi connectivity index (χ0v) is 16.6. The molecule has 0 saturated carbocycles. The van der Waals surface area contributed by atoms with Gasteiger partial charge in [0.25, 0.3) is 0 Å². The first-order chi connectivity index (χ1) is 13.5. The number of hydrogen-bond acceptors (Lipinski definition) is 6. The van der Waals surface area contributed by atoms with Crippen molar-refractivity contribution in [3.8, 4) is 5.69 Å². The van der Waals surface area contributed by atoms with Crippen LogP contribution in [0.2, 0.25) is 0 Å². The van der Waals surface area contributed by atoms with Gasteiger partial charge in [-0.05, 0) is 39.0 Å². The lowest BCUT2D eigenvalue weighted by Gasteiger charge is -2.03. The van der Waals surface area contributed by atoms with E-state index in [1.807, 2.05) is 48.9 Å². The molecule has 0 spiro atoms. The number of para-hydroxylation sites is 1. The van der Waals surface area contributed by atoms with E-state index in [1.165, 1.54) is 17.4 Å². The van der Waals surface area contributed by atoms with Crippen molar-refractivity contribution in [2.24, 2.45) is 0 Å². The molecule has 0 bridgehead atoms. The normalized spacial score (nSPS) is 11.0. The molecule has 1 amide bonds. The third-order valence-electron chi connectivity index (χ3n) is 3.97. The summed E-state index contributed by atoms with van der Waals surface area (Å²) in [5, 5.41) is 9.10. The number of rotatable bonds is 6. The Morgan fingerprint density at radius 2 is 2.00 bits per heavy atom. The van der Waals surface area contributed by atoms with Crippen molar-refractivity contribution in [1.29, 1.82) is 0 Å². The van der Waals surface area contributed by atoms with E-state index in [9.17, 15) is 9.59 Å². The van der Waals surface area contributed by atoms with Gasteiger partial charge in [0.1, 0.15) is 0 Å². The molecule has 7 nitrogen and oxygen atoms in total. The quantitative estimate of drug-likeness (QED) is 0.506. The number of ether oxygens (including phenoxy) is 1. The molecule has 0 unspecified atom stereocenters. The van der Waals surface area contributed by atoms with Crippen LogP contribution in [-0.2, 0) is 9.53 Å². The van der Waals surface area contributed by atoms with Gasteiger partial charge < -0.3 is 4.74 Å². The first kappa shape index (κ1) is 19.5. The summed E-state index contributed by atoms with van der Waals surface area (Å²) in [6, 6.07) is 9.80. The number of nitrogens with one attached hydrogen (secondary N) is 1. The highest BCUT2D eigenvalue weighted by Gasteiger charge is 2.13. The molecule has 3 rings (SSSR count). The van der Waals surface area contributed by atoms with Crippen molar-refractivity contribution in [1.82, 2.24) is 14.8 Å². The number of nitrogens with zero attached hydrogens (tertiary/aromatic N) is 3. The molecule has 1 N–H and O–H groups in total. The summed E-state index contributed by atoms with van der Waals surface area (Å²) in [7, 11) is 0. The smallest absolute Gasteiger partial charge is 0.357 e. The largest absolute Gasteiger partial charge is 0.461 e. The summed E-state index contributed by atoms with van der Waals surface area (Å²) in [5.74, 6) is -0.842. The number of hydrogen-bond donors (Lipinski definition) is 1. The summed E-state index contributed by atoms with van der Waals surface area (Å²) >= 11 is 1.17. The average molecular weight is 396 g/mol. The molecule has 8 heteroatoms. The lowest BCUT2D eigenvalue weighted by atomic mass is 10.2. The van der Waals surface area contributed by atoms with Crippen LogP contribution in [0.25, 0.3) is 11.8 Å². The number of thiazole rings is 1. The van der Waals surface area contributed by atoms with Gasteiger partial charge in [0.05, 0.1) is 18.0 Å². The first-order valence-corrected chi connectivity index (χ1v) is 9.61. The minimum absolute atomic E-state index is 0.182. The SMILES string of the molecule is CCOC(=O)c1csc(NC(=O)/C=C/c2c(C)nn(-c3ccccc3)c2C)n1. The van der Waals surface area contributed by atoms with Crippen LogP contribution < -0.4 is 5.32 Å². The van der Waals surface area contributed by atoms with Crippen LogP contribution in [-0.4, -0.2) is 33.2 Å². The third kappa shape index (κ3) is 4.34. The van der Waals surface area contributed by atoms with Crippen LogP contribution in [0.4, 0.5) is 5.13 Å². The fourth-order valence-electron chi connectivity index (χ4n) is 2.65. The number of carbonyl (C=O) groups excluding carboxylic acids is 2. The second-order valence-corrected chi connectivity index (χ2v) is 6.77. The highest BCUT2D eigenvalue weighted by molar-refractivity contribution is 7.14. The lowest BCUT2D eigenvalue weighted by molar-refractivity contribution is -0.111. The fourth-order valence-corrected chi connectivity index (χ4v) is 3.34. The Morgan fingerprint density at radius 3 is 2.71 bits per heavy atom. The van der Waals surface area contributed by atoms with Crippen molar-refractivity contribution in [3.05, 3.63) is 64.4 Å². The Hall–Kier alpha value is -3.26. The average Bonchev–Trinajstić information content (AvgIpc) is 3.26. The number of carbonyl (C=O) groups is 2. The zero-order valence-electron chi connectivity index (χ0n) is 15.8. The number of anilines is 1. The Morgan fingerprint density at radius 1 is 1.25 bits per heavy atom. The Kier molecular flexibility index (Phi) is 6.00. The van der Waals surface area contributed by atoms with Gasteiger partial charge in [0.15, 0.2) is 10.8 Å². The zero-order chi connectivity index (χ0) is 20.1. The maximum absolute atomic E-state index is 12.2. The van der Waals surface area contributed by atoms with Crippen molar-refractivity contribution in [2.75, 3.05) is 11.9 Å². The Bertz CT molecular complexity index is 1020. The summed E-state index contributed by atoms with van der Waals surface area (Å²) in [6.07, 6.45) is 3.16. The summed E-state index contributed by atoms with van der Waals surface area (Å²) in [5.41, 5.74) is 3.78. The van der Waals surface area contributed by atoms with E-state index in [0.29, 0.717) is 5.13 Å². The lowest BCUT2D eigenvalue weighted by Crippen LogP contribution is -2.09. The third-order valence-corrected chi connectivity index (χ3v) is 4.73. The monoisotopic (exact) mass is 396 g/mol. The van der Waals surface area contributed by atoms with Gasteiger partial charge in [-0.15, -0.1) is 11.3 Å². The molecule has 0 radical (unpaired) electrons. The molecule has 0 saturated heterocycles. The van der Waals surface area contributed by atoms with Crippen LogP contribution >= 0.6 is 11.3 Å². The van der Waals surface area contributed by atoms with Crippen LogP contribution in [0.3, 0.4) is 0 Å². The van der Waals surface area contributed by atoms with E-state index in [-0.39, 0.29) is 18.2 Å². The number of aromatic nitrogens is 3. The molecule has 144 valence electrons. The van der Waals surface area contributed by atoms with E-state index in [0.717, 1.165) is 22.6 Å². The van der Waals surface area contributed by atoms with E-state index in [4.69, 9.17) is 4.74 Å². The molecular weight excluding hydrogens is 376 g/mol. The van der Waals surface area contributed by atoms with Crippen molar-refractivity contribution < 1.29 is 14.3 Å². The van der Waals surface area contributed by atoms with Gasteiger partial charge in [0, 0.05) is 22.7 Å². The first-order valence-electron chi connectivity index (χ1n) is 8.73. The van der Waals surface area contributed by atoms with Gasteiger partial charge in [-0.25, -0.2) is 14.5 Å². The predicted octanol–water partition coefficient (Wildman–Crippen LogP) is 3.77. The molecular formula is C20H20N4O3S. The molecule has 0 fully saturated rings. The topological polar surface area (TPSA) is 86.1 Å². The Labute approximate surface area is 166 Å². The van der Waals surface area contributed by atoms with Crippen molar-refractivity contribution in [3.63, 3.8) is 0 Å². The molecule has 0 atom stereocenters. The molecule has 3 aromatic rings.